The van der Waals surface area contributed by atoms with Crippen molar-refractivity contribution >= 4 is 82.6 Å². The highest BCUT2D eigenvalue weighted by Crippen LogP contribution is 2.59. The zero-order chi connectivity index (χ0) is 75.2. The van der Waals surface area contributed by atoms with Crippen LogP contribution in [0.25, 0.3) is 0 Å². The molecule has 4 aromatic rings. The lowest BCUT2D eigenvalue weighted by molar-refractivity contribution is -0.364. The number of benzene rings is 4. The van der Waals surface area contributed by atoms with Gasteiger partial charge in [-0.15, -0.1) is 9.24 Å². The van der Waals surface area contributed by atoms with E-state index in [9.17, 15) is 54.6 Å². The topological polar surface area (TPSA) is 413 Å². The van der Waals surface area contributed by atoms with E-state index in [-0.39, 0.29) is 99.7 Å². The summed E-state index contributed by atoms with van der Waals surface area (Å²) in [6.07, 6.45) is -12.8. The number of carbonyl (C=O) groups excluding carboxylic acids is 5. The maximum absolute atomic E-state index is 13.7. The van der Waals surface area contributed by atoms with Crippen molar-refractivity contribution in [3.05, 3.63) is 93.0 Å². The van der Waals surface area contributed by atoms with Gasteiger partial charge in [0.1, 0.15) is 59.8 Å². The highest BCUT2D eigenvalue weighted by atomic mass is 35.5. The number of aliphatic hydroxyl groups excluding tert-OH is 6. The Morgan fingerprint density at radius 2 is 1.00 bits per heavy atom. The van der Waals surface area contributed by atoms with Gasteiger partial charge in [-0.2, -0.15) is 0 Å². The third-order valence-electron chi connectivity index (χ3n) is 19.6. The van der Waals surface area contributed by atoms with E-state index in [4.69, 9.17) is 86.6 Å². The van der Waals surface area contributed by atoms with Gasteiger partial charge in [-0.3, -0.25) is 33.8 Å². The largest absolute Gasteiger partial charge is 1.00 e. The van der Waals surface area contributed by atoms with E-state index >= 15 is 0 Å². The molecule has 0 bridgehead atoms. The second-order valence-electron chi connectivity index (χ2n) is 25.8. The van der Waals surface area contributed by atoms with Crippen LogP contribution in [-0.2, 0) is 84.6 Å². The summed E-state index contributed by atoms with van der Waals surface area (Å²) in [5, 5.41) is 69.0. The van der Waals surface area contributed by atoms with E-state index in [2.05, 4.69) is 19.1 Å². The molecule has 14 rings (SSSR count). The molecule has 0 radical (unpaired) electrons. The maximum Gasteiger partial charge on any atom is 0.311 e. The Labute approximate surface area is 635 Å². The van der Waals surface area contributed by atoms with Gasteiger partial charge in [0.25, 0.3) is 0 Å². The molecule has 0 aromatic heterocycles. The summed E-state index contributed by atoms with van der Waals surface area (Å²) < 4.78 is 114. The van der Waals surface area contributed by atoms with E-state index in [0.717, 1.165) is 5.75 Å². The number of esters is 4. The number of quaternary nitrogens is 1. The van der Waals surface area contributed by atoms with Crippen LogP contribution in [-0.4, -0.2) is 207 Å². The van der Waals surface area contributed by atoms with Crippen molar-refractivity contribution in [3.8, 4) is 46.0 Å². The Kier molecular flexibility index (Phi) is 27.6. The van der Waals surface area contributed by atoms with Crippen LogP contribution in [0, 0.1) is 23.7 Å². The average Bonchev–Trinajstić information content (AvgIpc) is 1.69. The molecule has 21 atom stereocenters. The fraction of sp³-hybridized carbons (Fsp3) is 0.580. The summed E-state index contributed by atoms with van der Waals surface area (Å²) in [6, 6.07) is 13.8. The first-order valence-electron chi connectivity index (χ1n) is 34.6. The summed E-state index contributed by atoms with van der Waals surface area (Å²) >= 11 is 0. The molecule has 10 aliphatic rings. The van der Waals surface area contributed by atoms with Crippen LogP contribution in [0.5, 0.6) is 46.0 Å². The van der Waals surface area contributed by atoms with Crippen LogP contribution in [0.3, 0.4) is 0 Å². The van der Waals surface area contributed by atoms with Gasteiger partial charge in [-0.05, 0) is 119 Å². The summed E-state index contributed by atoms with van der Waals surface area (Å²) in [5.41, 5.74) is 4.26. The molecule has 8 aliphatic heterocycles. The van der Waals surface area contributed by atoms with Gasteiger partial charge in [0, 0.05) is 78.4 Å². The number of rotatable bonds is 23. The number of hydrogen-bond donors (Lipinski definition) is 8. The van der Waals surface area contributed by atoms with Crippen molar-refractivity contribution in [2.75, 3.05) is 72.4 Å². The molecule has 0 spiro atoms. The SMILES string of the molecule is COc1cc([C@@H]2c3cc4c(cc3[C@@H](OC3OC5COC(C)OC5C(O)C3O)[C@H]3COC(=O)[C@H]23)OCO4)cc(CO)c1OC(=O)CCCSSNC(C)=O.COc1cc([C@@H]2c3cc4c(cc3[C@@H](OC3OC5COC(C)OC5C(O)C3O)[C@H]3COC(=O)[C@H]23)OCO4)cc(CO)c1OC(=O)CCCSS[NH3+].[2H]CP.[Cl-]. The zero-order valence-electron chi connectivity index (χ0n) is 59.1. The van der Waals surface area contributed by atoms with Crippen molar-refractivity contribution in [3.63, 3.8) is 0 Å². The molecule has 1 amide bonds. The molecule has 2 aliphatic carbocycles. The Morgan fingerprint density at radius 1 is 0.594 bits per heavy atom. The lowest BCUT2D eigenvalue weighted by Crippen LogP contribution is -3.00. The van der Waals surface area contributed by atoms with Crippen LogP contribution >= 0.6 is 52.8 Å². The Bertz CT molecular complexity index is 3770. The predicted octanol–water partition coefficient (Wildman–Crippen LogP) is 1.07. The van der Waals surface area contributed by atoms with Crippen molar-refractivity contribution in [1.82, 2.24) is 4.72 Å². The van der Waals surface area contributed by atoms with Crippen molar-refractivity contribution < 1.29 is 159 Å². The molecule has 6 saturated heterocycles. The maximum atomic E-state index is 13.7. The number of ether oxygens (including phenoxy) is 18. The molecule has 10 N–H and O–H groups in total. The molecule has 13 unspecified atom stereocenters. The second kappa shape index (κ2) is 36.6. The van der Waals surface area contributed by atoms with Crippen molar-refractivity contribution in [2.45, 2.75) is 158 Å². The minimum atomic E-state index is -1.48. The molecular weight excluding hydrogens is 1520 g/mol. The summed E-state index contributed by atoms with van der Waals surface area (Å²) in [6.45, 7) is 4.45. The molecule has 37 heteroatoms. The third-order valence-corrected chi connectivity index (χ3v) is 23.2. The van der Waals surface area contributed by atoms with E-state index in [1.807, 2.05) is 0 Å². The van der Waals surface area contributed by atoms with Crippen LogP contribution in [0.1, 0.15) is 116 Å². The minimum absolute atomic E-state index is 0. The predicted molar refractivity (Wildman–Crippen MR) is 374 cm³/mol. The summed E-state index contributed by atoms with van der Waals surface area (Å²) in [5.74, 6) is -2.52. The number of cyclic esters (lactones) is 2. The van der Waals surface area contributed by atoms with E-state index in [1.165, 1.54) is 53.9 Å². The fourth-order valence-corrected chi connectivity index (χ4v) is 17.6. The lowest BCUT2D eigenvalue weighted by atomic mass is 9.66. The standard InChI is InChI=1S/C35H41NO15S2.C33H39NO14S2.CH5P.ClH/c1-15(38)36-53-52-6-4-5-26(39)50-31-18(11-37)7-17(8-24(31)43-3)27-19-9-22-23(47-14-46-22)10-20(19)32(21-12-45-34(42)28(21)27)51-35-30(41)29(40)33-25(49-35)13-44-16(2)48-33;1-14-41-12-23-31(45-14)27(37)28(38)33(46-23)48-30-18-9-21-20(43-13-44-21)8-17(18)25(26-19(30)11-42-32(26)39)15-6-16(10-35)29(22(7-15)40-2)47-24(36)4-3-5-49-50-34;1-2;/h7-10,16,21,25,27-30,32-33,35,37,40-41H,4-6,11-14H2,1-3H3,(H,36,38);6-9,14,19,23,25-28,30-31,33,35,37-38H,3-5,10-13,34H2,1-2H3;2H2,1H3;1H/t16?,21-,25?,27+,28-,29?,30?,32+,33?,35?;14?,19-,23?,25+,26-,27?,28?,30+,31?,33?;;/m00../s1/i;;1D;. The Hall–Kier alpha value is -5.45. The number of amides is 1. The van der Waals surface area contributed by atoms with Gasteiger partial charge in [0.05, 0.1) is 77.9 Å². The van der Waals surface area contributed by atoms with Gasteiger partial charge in [-0.1, -0.05) is 17.4 Å². The monoisotopic (exact) mass is 1600 g/mol. The Balaban J connectivity index is 0.000000204. The number of fused-ring (bicyclic) bond motifs is 8. The number of nitrogens with one attached hydrogen (secondary N) is 1. The zero-order valence-corrected chi connectivity index (χ0v) is 63.3. The lowest BCUT2D eigenvalue weighted by Gasteiger charge is -2.47. The summed E-state index contributed by atoms with van der Waals surface area (Å²) in [4.78, 5) is 64.0. The molecule has 4 aromatic carbocycles. The van der Waals surface area contributed by atoms with Crippen LogP contribution in [0.2, 0.25) is 0 Å². The first-order chi connectivity index (χ1) is 51.2. The third kappa shape index (κ3) is 17.2. The summed E-state index contributed by atoms with van der Waals surface area (Å²) in [7, 11) is 10.6. The van der Waals surface area contributed by atoms with E-state index < -0.39 is 159 Å². The second-order valence-corrected chi connectivity index (χ2v) is 30.3. The molecule has 6 fully saturated rings. The smallest absolute Gasteiger partial charge is 0.311 e. The first kappa shape index (κ1) is 80.1. The first-order valence-corrected chi connectivity index (χ1v) is 39.5. The van der Waals surface area contributed by atoms with Gasteiger partial charge < -0.3 is 128 Å². The number of hydrogen-bond acceptors (Lipinski definition) is 33. The molecule has 106 heavy (non-hydrogen) atoms. The van der Waals surface area contributed by atoms with Crippen LogP contribution in [0.15, 0.2) is 48.5 Å². The van der Waals surface area contributed by atoms with Crippen LogP contribution in [0.4, 0.5) is 0 Å². The number of halogens is 1. The normalized spacial score (nSPS) is 31.1. The molecule has 582 valence electrons. The van der Waals surface area contributed by atoms with Gasteiger partial charge in [0.15, 0.2) is 71.2 Å². The molecule has 31 nitrogen and oxygen atoms in total. The van der Waals surface area contributed by atoms with Crippen molar-refractivity contribution in [2.24, 2.45) is 23.7 Å². The highest BCUT2D eigenvalue weighted by Gasteiger charge is 2.59. The number of carbonyl (C=O) groups is 5. The van der Waals surface area contributed by atoms with Crippen LogP contribution < -0.4 is 60.2 Å². The van der Waals surface area contributed by atoms with Gasteiger partial charge >= 0.3 is 23.9 Å². The quantitative estimate of drug-likeness (QED) is 0.0129. The average molecular weight is 1600 g/mol. The fourth-order valence-electron chi connectivity index (χ4n) is 14.8. The van der Waals surface area contributed by atoms with E-state index in [1.54, 1.807) is 73.2 Å². The molecule has 0 saturated carbocycles. The highest BCUT2D eigenvalue weighted by molar-refractivity contribution is 8.76. The number of methoxy groups -OCH3 is 2. The van der Waals surface area contributed by atoms with Gasteiger partial charge in [-0.25, -0.2) is 0 Å². The van der Waals surface area contributed by atoms with Crippen molar-refractivity contribution in [1.29, 1.82) is 0 Å². The number of aliphatic hydroxyl groups is 6. The molecule has 8 heterocycles. The Morgan fingerprint density at radius 3 is 1.39 bits per heavy atom. The minimum Gasteiger partial charge on any atom is -1.00 e. The van der Waals surface area contributed by atoms with E-state index in [0.29, 0.717) is 87.2 Å². The molecular formula is C69H86ClN2O29PS4. The van der Waals surface area contributed by atoms with Gasteiger partial charge in [0.2, 0.25) is 19.5 Å².